The molecule has 0 saturated carbocycles. The van der Waals surface area contributed by atoms with Gasteiger partial charge in [-0.25, -0.2) is 0 Å². The summed E-state index contributed by atoms with van der Waals surface area (Å²) >= 11 is 0. The van der Waals surface area contributed by atoms with Gasteiger partial charge in [-0.15, -0.1) is 0 Å². The number of hydrogen-bond acceptors (Lipinski definition) is 0. The van der Waals surface area contributed by atoms with Crippen molar-refractivity contribution < 1.29 is 0 Å². The molecular formula is C14H30. The molecule has 0 N–H and O–H groups in total. The fourth-order valence-corrected chi connectivity index (χ4v) is 1.99. The molecule has 2 atom stereocenters. The number of unbranched alkanes of at least 4 members (excludes halogenated alkanes) is 4. The molecular weight excluding hydrogens is 168 g/mol. The molecule has 0 rings (SSSR count). The zero-order valence-electron chi connectivity index (χ0n) is 11.0. The first-order valence-electron chi connectivity index (χ1n) is 6.59. The molecule has 0 amide bonds. The predicted molar refractivity (Wildman–Crippen MR) is 66.5 cm³/mol. The van der Waals surface area contributed by atoms with Crippen LogP contribution in [0.4, 0.5) is 0 Å². The second-order valence-corrected chi connectivity index (χ2v) is 5.28. The fraction of sp³-hybridized carbons (Fsp3) is 1.00. The summed E-state index contributed by atoms with van der Waals surface area (Å²) in [5, 5.41) is 0. The summed E-state index contributed by atoms with van der Waals surface area (Å²) in [6, 6.07) is 0. The van der Waals surface area contributed by atoms with Crippen molar-refractivity contribution in [1.29, 1.82) is 0 Å². The third kappa shape index (κ3) is 6.45. The van der Waals surface area contributed by atoms with Crippen LogP contribution in [0.15, 0.2) is 0 Å². The van der Waals surface area contributed by atoms with E-state index in [1.54, 1.807) is 0 Å². The van der Waals surface area contributed by atoms with Gasteiger partial charge in [0.1, 0.15) is 0 Å². The van der Waals surface area contributed by atoms with Gasteiger partial charge in [-0.3, -0.25) is 0 Å². The Morgan fingerprint density at radius 3 is 1.86 bits per heavy atom. The molecule has 0 aliphatic carbocycles. The summed E-state index contributed by atoms with van der Waals surface area (Å²) in [5.41, 5.74) is 0. The van der Waals surface area contributed by atoms with Crippen LogP contribution < -0.4 is 0 Å². The fourth-order valence-electron chi connectivity index (χ4n) is 1.99. The van der Waals surface area contributed by atoms with Gasteiger partial charge in [0.15, 0.2) is 0 Å². The molecule has 0 radical (unpaired) electrons. The van der Waals surface area contributed by atoms with Gasteiger partial charge in [-0.1, -0.05) is 73.1 Å². The first-order valence-corrected chi connectivity index (χ1v) is 6.59. The van der Waals surface area contributed by atoms with Crippen molar-refractivity contribution >= 4 is 0 Å². The van der Waals surface area contributed by atoms with Gasteiger partial charge in [0.05, 0.1) is 0 Å². The van der Waals surface area contributed by atoms with Gasteiger partial charge in [0, 0.05) is 0 Å². The minimum atomic E-state index is 0.848. The van der Waals surface area contributed by atoms with Crippen molar-refractivity contribution in [3.63, 3.8) is 0 Å². The van der Waals surface area contributed by atoms with E-state index >= 15 is 0 Å². The van der Waals surface area contributed by atoms with Crippen molar-refractivity contribution in [2.75, 3.05) is 0 Å². The van der Waals surface area contributed by atoms with E-state index in [1.807, 2.05) is 0 Å². The molecule has 0 aliphatic rings. The lowest BCUT2D eigenvalue weighted by atomic mass is 9.83. The van der Waals surface area contributed by atoms with Gasteiger partial charge >= 0.3 is 0 Å². The molecule has 0 bridgehead atoms. The second-order valence-electron chi connectivity index (χ2n) is 5.28. The normalized spacial score (nSPS) is 15.9. The summed E-state index contributed by atoms with van der Waals surface area (Å²) in [6.07, 6.45) is 8.55. The van der Waals surface area contributed by atoms with E-state index in [1.165, 1.54) is 38.5 Å². The Bertz CT molecular complexity index is 115. The highest BCUT2D eigenvalue weighted by Gasteiger charge is 2.14. The minimum absolute atomic E-state index is 0.848. The van der Waals surface area contributed by atoms with Gasteiger partial charge < -0.3 is 0 Å². The van der Waals surface area contributed by atoms with Crippen LogP contribution in [-0.2, 0) is 0 Å². The van der Waals surface area contributed by atoms with Crippen LogP contribution in [0.1, 0.15) is 73.1 Å². The molecule has 0 saturated heterocycles. The summed E-state index contributed by atoms with van der Waals surface area (Å²) in [7, 11) is 0. The van der Waals surface area contributed by atoms with Crippen LogP contribution in [0, 0.1) is 17.8 Å². The maximum atomic E-state index is 2.42. The summed E-state index contributed by atoms with van der Waals surface area (Å²) in [6.45, 7) is 11.8. The Kier molecular flexibility index (Phi) is 8.32. The molecule has 0 spiro atoms. The Balaban J connectivity index is 3.39. The summed E-state index contributed by atoms with van der Waals surface area (Å²) < 4.78 is 0. The van der Waals surface area contributed by atoms with E-state index in [4.69, 9.17) is 0 Å². The maximum Gasteiger partial charge on any atom is -0.0394 e. The molecule has 0 aliphatic heterocycles. The molecule has 0 fully saturated rings. The SMILES string of the molecule is CCCCCCCC(C)C(C)C(C)C. The molecule has 2 unspecified atom stereocenters. The average Bonchev–Trinajstić information content (AvgIpc) is 2.16. The van der Waals surface area contributed by atoms with Gasteiger partial charge in [-0.05, 0) is 17.8 Å². The van der Waals surface area contributed by atoms with E-state index in [0.717, 1.165) is 17.8 Å². The Hall–Kier alpha value is 0. The third-order valence-electron chi connectivity index (χ3n) is 3.71. The molecule has 0 heteroatoms. The second kappa shape index (κ2) is 8.32. The molecule has 86 valence electrons. The van der Waals surface area contributed by atoms with Gasteiger partial charge in [-0.2, -0.15) is 0 Å². The van der Waals surface area contributed by atoms with Crippen molar-refractivity contribution in [3.05, 3.63) is 0 Å². The molecule has 0 nitrogen and oxygen atoms in total. The van der Waals surface area contributed by atoms with E-state index in [2.05, 4.69) is 34.6 Å². The molecule has 0 aromatic rings. The molecule has 14 heavy (non-hydrogen) atoms. The lowest BCUT2D eigenvalue weighted by Crippen LogP contribution is -2.14. The molecule has 0 aromatic heterocycles. The van der Waals surface area contributed by atoms with Crippen molar-refractivity contribution in [2.24, 2.45) is 17.8 Å². The van der Waals surface area contributed by atoms with Crippen molar-refractivity contribution in [3.8, 4) is 0 Å². The quantitative estimate of drug-likeness (QED) is 0.466. The topological polar surface area (TPSA) is 0 Å². The maximum absolute atomic E-state index is 2.42. The summed E-state index contributed by atoms with van der Waals surface area (Å²) in [4.78, 5) is 0. The summed E-state index contributed by atoms with van der Waals surface area (Å²) in [5.74, 6) is 2.65. The van der Waals surface area contributed by atoms with Gasteiger partial charge in [0.2, 0.25) is 0 Å². The lowest BCUT2D eigenvalue weighted by molar-refractivity contribution is 0.275. The Morgan fingerprint density at radius 1 is 0.786 bits per heavy atom. The predicted octanol–water partition coefficient (Wildman–Crippen LogP) is 5.28. The van der Waals surface area contributed by atoms with Crippen molar-refractivity contribution in [1.82, 2.24) is 0 Å². The van der Waals surface area contributed by atoms with Crippen LogP contribution in [0.5, 0.6) is 0 Å². The zero-order chi connectivity index (χ0) is 11.0. The largest absolute Gasteiger partial charge is 0.0654 e. The van der Waals surface area contributed by atoms with Crippen LogP contribution >= 0.6 is 0 Å². The first-order chi connectivity index (χ1) is 6.59. The van der Waals surface area contributed by atoms with Gasteiger partial charge in [0.25, 0.3) is 0 Å². The Labute approximate surface area is 91.5 Å². The standard InChI is InChI=1S/C14H30/c1-6-7-8-9-10-11-13(4)14(5)12(2)3/h12-14H,6-11H2,1-5H3. The number of hydrogen-bond donors (Lipinski definition) is 0. The monoisotopic (exact) mass is 198 g/mol. The minimum Gasteiger partial charge on any atom is -0.0654 e. The molecule has 0 aromatic carbocycles. The van der Waals surface area contributed by atoms with Crippen LogP contribution in [0.2, 0.25) is 0 Å². The van der Waals surface area contributed by atoms with Crippen LogP contribution in [-0.4, -0.2) is 0 Å². The van der Waals surface area contributed by atoms with Crippen LogP contribution in [0.3, 0.4) is 0 Å². The van der Waals surface area contributed by atoms with E-state index in [0.29, 0.717) is 0 Å². The molecule has 0 heterocycles. The van der Waals surface area contributed by atoms with E-state index < -0.39 is 0 Å². The number of rotatable bonds is 8. The van der Waals surface area contributed by atoms with Crippen molar-refractivity contribution in [2.45, 2.75) is 73.1 Å². The van der Waals surface area contributed by atoms with Crippen LogP contribution in [0.25, 0.3) is 0 Å². The smallest absolute Gasteiger partial charge is 0.0394 e. The highest BCUT2D eigenvalue weighted by molar-refractivity contribution is 4.65. The average molecular weight is 198 g/mol. The highest BCUT2D eigenvalue weighted by atomic mass is 14.2. The third-order valence-corrected chi connectivity index (χ3v) is 3.71. The Morgan fingerprint density at radius 2 is 1.36 bits per heavy atom. The van der Waals surface area contributed by atoms with E-state index in [9.17, 15) is 0 Å². The van der Waals surface area contributed by atoms with E-state index in [-0.39, 0.29) is 0 Å². The first kappa shape index (κ1) is 14.0. The highest BCUT2D eigenvalue weighted by Crippen LogP contribution is 2.24. The zero-order valence-corrected chi connectivity index (χ0v) is 11.0. The lowest BCUT2D eigenvalue weighted by Gasteiger charge is -2.23.